The molecule has 0 radical (unpaired) electrons. The van der Waals surface area contributed by atoms with Crippen LogP contribution in [-0.2, 0) is 4.79 Å². The van der Waals surface area contributed by atoms with Crippen LogP contribution >= 0.6 is 0 Å². The Bertz CT molecular complexity index is 389. The minimum absolute atomic E-state index is 0.428. The van der Waals surface area contributed by atoms with Crippen LogP contribution in [0.15, 0.2) is 18.2 Å². The predicted octanol–water partition coefficient (Wildman–Crippen LogP) is 3.13. The van der Waals surface area contributed by atoms with E-state index in [1.807, 2.05) is 6.07 Å². The summed E-state index contributed by atoms with van der Waals surface area (Å²) in [6.45, 7) is 3.51. The zero-order valence-corrected chi connectivity index (χ0v) is 9.21. The monoisotopic (exact) mass is 228 g/mol. The van der Waals surface area contributed by atoms with E-state index in [0.29, 0.717) is 11.1 Å². The summed E-state index contributed by atoms with van der Waals surface area (Å²) in [4.78, 5) is 10.6. The molecule has 1 aromatic rings. The smallest absolute Gasteiger partial charge is 0.304 e. The highest BCUT2D eigenvalue weighted by atomic mass is 19.3. The van der Waals surface area contributed by atoms with Crippen molar-refractivity contribution >= 4 is 5.97 Å². The van der Waals surface area contributed by atoms with Gasteiger partial charge in [-0.3, -0.25) is 4.79 Å². The van der Waals surface area contributed by atoms with Gasteiger partial charge in [0.1, 0.15) is 0 Å². The molecule has 1 aromatic carbocycles. The Balaban J connectivity index is 3.09. The average Bonchev–Trinajstić information content (AvgIpc) is 2.18. The highest BCUT2D eigenvalue weighted by molar-refractivity contribution is 5.68. The molecule has 1 unspecified atom stereocenters. The molecule has 2 nitrogen and oxygen atoms in total. The van der Waals surface area contributed by atoms with Crippen molar-refractivity contribution in [3.8, 4) is 0 Å². The molecule has 0 aliphatic heterocycles. The maximum Gasteiger partial charge on any atom is 0.304 e. The van der Waals surface area contributed by atoms with Crippen LogP contribution in [-0.4, -0.2) is 17.5 Å². The lowest BCUT2D eigenvalue weighted by Crippen LogP contribution is -2.15. The molecule has 88 valence electrons. The second kappa shape index (κ2) is 5.05. The van der Waals surface area contributed by atoms with Gasteiger partial charge in [-0.05, 0) is 25.0 Å². The van der Waals surface area contributed by atoms with Crippen LogP contribution in [0, 0.1) is 13.8 Å². The molecule has 0 aromatic heterocycles. The largest absolute Gasteiger partial charge is 0.481 e. The van der Waals surface area contributed by atoms with Crippen LogP contribution in [0.5, 0.6) is 0 Å². The zero-order chi connectivity index (χ0) is 12.3. The van der Waals surface area contributed by atoms with Gasteiger partial charge in [-0.15, -0.1) is 0 Å². The molecule has 0 aliphatic rings. The van der Waals surface area contributed by atoms with Gasteiger partial charge in [0.2, 0.25) is 6.43 Å². The predicted molar refractivity (Wildman–Crippen MR) is 56.9 cm³/mol. The zero-order valence-electron chi connectivity index (χ0n) is 9.21. The molecule has 0 heterocycles. The van der Waals surface area contributed by atoms with Crippen molar-refractivity contribution < 1.29 is 18.7 Å². The molecule has 0 aliphatic carbocycles. The van der Waals surface area contributed by atoms with E-state index in [4.69, 9.17) is 5.11 Å². The van der Waals surface area contributed by atoms with Gasteiger partial charge in [-0.2, -0.15) is 0 Å². The maximum absolute atomic E-state index is 12.8. The van der Waals surface area contributed by atoms with Crippen LogP contribution < -0.4 is 0 Å². The summed E-state index contributed by atoms with van der Waals surface area (Å²) in [6, 6.07) is 5.19. The van der Waals surface area contributed by atoms with E-state index in [1.165, 1.54) is 0 Å². The number of carbonyl (C=O) groups is 1. The first-order chi connectivity index (χ1) is 7.41. The molecule has 4 heteroatoms. The Hall–Kier alpha value is -1.45. The van der Waals surface area contributed by atoms with E-state index in [-0.39, 0.29) is 0 Å². The lowest BCUT2D eigenvalue weighted by atomic mass is 9.91. The van der Waals surface area contributed by atoms with Crippen LogP contribution in [0.2, 0.25) is 0 Å². The van der Waals surface area contributed by atoms with E-state index < -0.39 is 24.7 Å². The average molecular weight is 228 g/mol. The van der Waals surface area contributed by atoms with E-state index >= 15 is 0 Å². The second-order valence-electron chi connectivity index (χ2n) is 3.90. The lowest BCUT2D eigenvalue weighted by molar-refractivity contribution is -0.138. The highest BCUT2D eigenvalue weighted by Crippen LogP contribution is 2.29. The first kappa shape index (κ1) is 12.6. The van der Waals surface area contributed by atoms with Gasteiger partial charge in [0.05, 0.1) is 12.3 Å². The van der Waals surface area contributed by atoms with E-state index in [0.717, 1.165) is 5.56 Å². The summed E-state index contributed by atoms with van der Waals surface area (Å²) >= 11 is 0. The van der Waals surface area contributed by atoms with Crippen LogP contribution in [0.1, 0.15) is 29.0 Å². The van der Waals surface area contributed by atoms with Crippen molar-refractivity contribution in [2.45, 2.75) is 32.6 Å². The molecule has 0 fully saturated rings. The van der Waals surface area contributed by atoms with Gasteiger partial charge >= 0.3 is 5.97 Å². The fourth-order valence-electron chi connectivity index (χ4n) is 1.68. The number of rotatable bonds is 4. The first-order valence-electron chi connectivity index (χ1n) is 4.99. The van der Waals surface area contributed by atoms with Crippen molar-refractivity contribution in [3.63, 3.8) is 0 Å². The molecule has 16 heavy (non-hydrogen) atoms. The highest BCUT2D eigenvalue weighted by Gasteiger charge is 2.26. The van der Waals surface area contributed by atoms with Crippen molar-refractivity contribution in [2.75, 3.05) is 0 Å². The Labute approximate surface area is 92.9 Å². The molecule has 0 bridgehead atoms. The first-order valence-corrected chi connectivity index (χ1v) is 4.99. The van der Waals surface area contributed by atoms with Gasteiger partial charge in [0, 0.05) is 0 Å². The normalized spacial score (nSPS) is 12.8. The second-order valence-corrected chi connectivity index (χ2v) is 3.90. The van der Waals surface area contributed by atoms with E-state index in [1.54, 1.807) is 26.0 Å². The van der Waals surface area contributed by atoms with Crippen molar-refractivity contribution in [2.24, 2.45) is 0 Å². The van der Waals surface area contributed by atoms with Crippen molar-refractivity contribution in [1.29, 1.82) is 0 Å². The number of hydrogen-bond donors (Lipinski definition) is 1. The molecule has 0 amide bonds. The standard InChI is InChI=1S/C12H14F2O2/c1-7-3-4-8(2)9(5-7)10(12(13)14)6-11(15)16/h3-5,10,12H,6H2,1-2H3,(H,15,16). The number of hydrogen-bond acceptors (Lipinski definition) is 1. The van der Waals surface area contributed by atoms with Crippen molar-refractivity contribution in [1.82, 2.24) is 0 Å². The topological polar surface area (TPSA) is 37.3 Å². The van der Waals surface area contributed by atoms with Crippen LogP contribution in [0.4, 0.5) is 8.78 Å². The fraction of sp³-hybridized carbons (Fsp3) is 0.417. The van der Waals surface area contributed by atoms with Gasteiger partial charge in [0.25, 0.3) is 0 Å². The number of carboxylic acid groups (broad SMARTS) is 1. The van der Waals surface area contributed by atoms with Gasteiger partial charge in [0.15, 0.2) is 0 Å². The number of alkyl halides is 2. The number of halogens is 2. The van der Waals surface area contributed by atoms with E-state index in [2.05, 4.69) is 0 Å². The summed E-state index contributed by atoms with van der Waals surface area (Å²) in [6.07, 6.45) is -3.20. The van der Waals surface area contributed by atoms with E-state index in [9.17, 15) is 13.6 Å². The molecule has 0 spiro atoms. The number of benzene rings is 1. The third-order valence-corrected chi connectivity index (χ3v) is 2.53. The van der Waals surface area contributed by atoms with Gasteiger partial charge < -0.3 is 5.11 Å². The number of aliphatic carboxylic acids is 1. The minimum atomic E-state index is -2.66. The quantitative estimate of drug-likeness (QED) is 0.859. The Kier molecular flexibility index (Phi) is 3.99. The molecule has 1 rings (SSSR count). The molecule has 0 saturated carbocycles. The van der Waals surface area contributed by atoms with Crippen molar-refractivity contribution in [3.05, 3.63) is 34.9 Å². The number of aryl methyl sites for hydroxylation is 2. The van der Waals surface area contributed by atoms with Crippen LogP contribution in [0.25, 0.3) is 0 Å². The Morgan fingerprint density at radius 3 is 2.50 bits per heavy atom. The fourth-order valence-corrected chi connectivity index (χ4v) is 1.68. The Morgan fingerprint density at radius 1 is 1.38 bits per heavy atom. The summed E-state index contributed by atoms with van der Waals surface area (Å²) in [7, 11) is 0. The third-order valence-electron chi connectivity index (χ3n) is 2.53. The number of carboxylic acids is 1. The SMILES string of the molecule is Cc1ccc(C)c(C(CC(=O)O)C(F)F)c1. The maximum atomic E-state index is 12.8. The minimum Gasteiger partial charge on any atom is -0.481 e. The van der Waals surface area contributed by atoms with Gasteiger partial charge in [-0.1, -0.05) is 23.8 Å². The third kappa shape index (κ3) is 3.02. The Morgan fingerprint density at radius 2 is 2.00 bits per heavy atom. The molecule has 1 N–H and O–H groups in total. The molecular weight excluding hydrogens is 214 g/mol. The summed E-state index contributed by atoms with van der Waals surface area (Å²) < 4.78 is 25.6. The van der Waals surface area contributed by atoms with Crippen LogP contribution in [0.3, 0.4) is 0 Å². The molecule has 1 atom stereocenters. The summed E-state index contributed by atoms with van der Waals surface area (Å²) in [5, 5.41) is 8.62. The summed E-state index contributed by atoms with van der Waals surface area (Å²) in [5.74, 6) is -2.43. The lowest BCUT2D eigenvalue weighted by Gasteiger charge is -2.17. The molecular formula is C12H14F2O2. The molecule has 0 saturated heterocycles. The van der Waals surface area contributed by atoms with Gasteiger partial charge in [-0.25, -0.2) is 8.78 Å². The summed E-state index contributed by atoms with van der Waals surface area (Å²) in [5.41, 5.74) is 1.99.